The highest BCUT2D eigenvalue weighted by Crippen LogP contribution is 2.43. The molecule has 0 spiro atoms. The van der Waals surface area contributed by atoms with Crippen LogP contribution >= 0.6 is 45.9 Å². The number of carbonyl (C=O) groups excluding carboxylic acids is 3. The molecule has 0 fully saturated rings. The van der Waals surface area contributed by atoms with E-state index in [1.165, 1.54) is 28.7 Å². The first-order chi connectivity index (χ1) is 33.3. The second-order valence-corrected chi connectivity index (χ2v) is 19.0. The number of benzene rings is 4. The van der Waals surface area contributed by atoms with Crippen LogP contribution in [0, 0.1) is 0 Å². The molecule has 4 aromatic heterocycles. The van der Waals surface area contributed by atoms with Gasteiger partial charge in [0.25, 0.3) is 0 Å². The van der Waals surface area contributed by atoms with Crippen molar-refractivity contribution < 1.29 is 33.8 Å². The van der Waals surface area contributed by atoms with Crippen molar-refractivity contribution in [3.8, 4) is 32.4 Å². The molecule has 69 heavy (non-hydrogen) atoms. The summed E-state index contributed by atoms with van der Waals surface area (Å²) in [6.07, 6.45) is 11.3. The van der Waals surface area contributed by atoms with Crippen molar-refractivity contribution in [1.82, 2.24) is 19.9 Å². The fourth-order valence-electron chi connectivity index (χ4n) is 7.54. The molecule has 4 aromatic carbocycles. The SMILES string of the molecule is CC(=O)c1ccc(-c2cc(Cl)c3c(c2)CC(CCC(=O)/C=C/c2cnc4ccccc4n2)O3)s1.CC(=O)c1ccc(-c2cc(Cl)c3c(c2)CC(CN)O3)s1.O=C(O)/C=C/c1cnc2ccccc2n1. The molecule has 8 aromatic rings. The van der Waals surface area contributed by atoms with Crippen molar-refractivity contribution in [3.05, 3.63) is 164 Å². The summed E-state index contributed by atoms with van der Waals surface area (Å²) in [4.78, 5) is 66.5. The average molecular weight is 997 g/mol. The second-order valence-electron chi connectivity index (χ2n) is 16.0. The minimum absolute atomic E-state index is 0.00821. The van der Waals surface area contributed by atoms with E-state index in [1.807, 2.05) is 84.9 Å². The number of ether oxygens (including phenoxy) is 2. The quantitative estimate of drug-likeness (QED) is 0.0873. The Morgan fingerprint density at radius 2 is 1.13 bits per heavy atom. The van der Waals surface area contributed by atoms with Crippen LogP contribution in [0.4, 0.5) is 0 Å². The van der Waals surface area contributed by atoms with Gasteiger partial charge in [-0.15, -0.1) is 22.7 Å². The molecule has 348 valence electrons. The van der Waals surface area contributed by atoms with E-state index in [1.54, 1.807) is 38.4 Å². The molecule has 2 atom stereocenters. The molecule has 6 heterocycles. The highest BCUT2D eigenvalue weighted by molar-refractivity contribution is 7.17. The van der Waals surface area contributed by atoms with E-state index in [9.17, 15) is 19.2 Å². The number of halogens is 2. The number of hydrogen-bond acceptors (Lipinski definition) is 13. The summed E-state index contributed by atoms with van der Waals surface area (Å²) in [5.41, 5.74) is 14.1. The highest BCUT2D eigenvalue weighted by Gasteiger charge is 2.27. The standard InChI is InChI=1S/C27H21ClN2O3S.C15H14ClNO2S.C11H8N2O2/c1-16(31)25-10-11-26(34-25)17-12-18-13-21(33-27(18)22(28)14-17)9-8-20(32)7-6-19-15-29-23-4-2-3-5-24(23)30-19;1-8(18)13-2-3-14(20-13)9-4-10-5-11(7-17)19-15(10)12(16)6-9;14-11(15)6-5-8-7-12-9-3-1-2-4-10(9)13-8/h2-7,10-12,14-15,21H,8-9,13H2,1H3;2-4,6,11H,5,7,17H2,1H3;1-7H,(H,14,15)/b7-6+;;6-5+. The van der Waals surface area contributed by atoms with Gasteiger partial charge >= 0.3 is 5.97 Å². The van der Waals surface area contributed by atoms with Crippen molar-refractivity contribution in [2.45, 2.75) is 51.7 Å². The minimum Gasteiger partial charge on any atom is -0.488 e. The lowest BCUT2D eigenvalue weighted by atomic mass is 10.0. The normalized spacial score (nSPS) is 14.6. The molecule has 3 N–H and O–H groups in total. The van der Waals surface area contributed by atoms with Crippen LogP contribution < -0.4 is 15.2 Å². The number of carbonyl (C=O) groups is 4. The molecule has 0 saturated carbocycles. The van der Waals surface area contributed by atoms with Crippen molar-refractivity contribution in [3.63, 3.8) is 0 Å². The summed E-state index contributed by atoms with van der Waals surface area (Å²) in [7, 11) is 0. The summed E-state index contributed by atoms with van der Waals surface area (Å²) in [6.45, 7) is 3.62. The number of ketones is 3. The van der Waals surface area contributed by atoms with Crippen LogP contribution in [0.3, 0.4) is 0 Å². The fraction of sp³-hybridized carbons (Fsp3) is 0.170. The van der Waals surface area contributed by atoms with Crippen LogP contribution in [0.5, 0.6) is 11.5 Å². The van der Waals surface area contributed by atoms with Crippen LogP contribution in [-0.4, -0.2) is 67.1 Å². The number of allylic oxidation sites excluding steroid dienone is 1. The summed E-state index contributed by atoms with van der Waals surface area (Å²) in [6, 6.07) is 30.5. The Morgan fingerprint density at radius 3 is 1.59 bits per heavy atom. The van der Waals surface area contributed by atoms with Crippen LogP contribution in [0.15, 0.2) is 122 Å². The predicted molar refractivity (Wildman–Crippen MR) is 274 cm³/mol. The Balaban J connectivity index is 0.000000155. The number of nitrogens with two attached hydrogens (primary N) is 1. The van der Waals surface area contributed by atoms with Gasteiger partial charge in [-0.2, -0.15) is 0 Å². The smallest absolute Gasteiger partial charge is 0.328 e. The van der Waals surface area contributed by atoms with E-state index in [2.05, 4.69) is 32.1 Å². The Bertz CT molecular complexity index is 3310. The van der Waals surface area contributed by atoms with Gasteiger partial charge in [0.2, 0.25) is 0 Å². The average Bonchev–Trinajstić information content (AvgIpc) is 4.19. The van der Waals surface area contributed by atoms with Crippen molar-refractivity contribution in [2.24, 2.45) is 5.73 Å². The summed E-state index contributed by atoms with van der Waals surface area (Å²) in [5, 5.41) is 9.61. The Kier molecular flexibility index (Phi) is 15.5. The van der Waals surface area contributed by atoms with Crippen LogP contribution in [0.1, 0.15) is 68.5 Å². The molecule has 2 aliphatic heterocycles. The molecule has 2 unspecified atom stereocenters. The predicted octanol–water partition coefficient (Wildman–Crippen LogP) is 11.8. The third-order valence-electron chi connectivity index (χ3n) is 10.9. The van der Waals surface area contributed by atoms with Crippen molar-refractivity contribution in [1.29, 1.82) is 0 Å². The fourth-order valence-corrected chi connectivity index (χ4v) is 9.89. The van der Waals surface area contributed by atoms with Gasteiger partial charge in [0, 0.05) is 52.8 Å². The lowest BCUT2D eigenvalue weighted by Gasteiger charge is -2.10. The molecule has 12 nitrogen and oxygen atoms in total. The van der Waals surface area contributed by atoms with Gasteiger partial charge in [0.15, 0.2) is 17.3 Å². The number of nitrogens with zero attached hydrogens (tertiary/aromatic N) is 4. The number of carboxylic acid groups (broad SMARTS) is 1. The number of rotatable bonds is 12. The second kappa shape index (κ2) is 22.0. The number of fused-ring (bicyclic) bond motifs is 4. The molecule has 0 radical (unpaired) electrons. The first-order valence-corrected chi connectivity index (χ1v) is 24.1. The van der Waals surface area contributed by atoms with Crippen molar-refractivity contribution >= 4 is 103 Å². The van der Waals surface area contributed by atoms with Crippen LogP contribution in [-0.2, 0) is 22.4 Å². The van der Waals surface area contributed by atoms with E-state index in [-0.39, 0.29) is 29.6 Å². The molecule has 0 amide bonds. The molecule has 0 bridgehead atoms. The Morgan fingerprint density at radius 1 is 0.667 bits per heavy atom. The lowest BCUT2D eigenvalue weighted by molar-refractivity contribution is -0.131. The first kappa shape index (κ1) is 48.5. The topological polar surface area (TPSA) is 185 Å². The van der Waals surface area contributed by atoms with Gasteiger partial charge in [-0.05, 0) is 122 Å². The highest BCUT2D eigenvalue weighted by atomic mass is 35.5. The van der Waals surface area contributed by atoms with Gasteiger partial charge in [0.1, 0.15) is 23.7 Å². The van der Waals surface area contributed by atoms with Gasteiger partial charge in [-0.1, -0.05) is 47.5 Å². The number of Topliss-reactive ketones (excluding diaryl/α,β-unsaturated/α-hetero) is 2. The zero-order valence-electron chi connectivity index (χ0n) is 37.2. The van der Waals surface area contributed by atoms with E-state index < -0.39 is 5.97 Å². The van der Waals surface area contributed by atoms with Gasteiger partial charge < -0.3 is 20.3 Å². The summed E-state index contributed by atoms with van der Waals surface area (Å²) >= 11 is 15.7. The van der Waals surface area contributed by atoms with E-state index >= 15 is 0 Å². The first-order valence-electron chi connectivity index (χ1n) is 21.8. The summed E-state index contributed by atoms with van der Waals surface area (Å²) in [5.74, 6) is 0.585. The number of thiophene rings is 2. The van der Waals surface area contributed by atoms with Gasteiger partial charge in [-0.25, -0.2) is 14.8 Å². The maximum atomic E-state index is 12.4. The molecular weight excluding hydrogens is 954 g/mol. The molecule has 0 aliphatic carbocycles. The van der Waals surface area contributed by atoms with Gasteiger partial charge in [-0.3, -0.25) is 24.4 Å². The third-order valence-corrected chi connectivity index (χ3v) is 14.0. The molecule has 2 aliphatic rings. The van der Waals surface area contributed by atoms with E-state index in [4.69, 9.17) is 43.5 Å². The zero-order chi connectivity index (χ0) is 48.6. The number of aromatic nitrogens is 4. The van der Waals surface area contributed by atoms with Gasteiger partial charge in [0.05, 0.1) is 65.6 Å². The monoisotopic (exact) mass is 995 g/mol. The van der Waals surface area contributed by atoms with E-state index in [0.717, 1.165) is 82.1 Å². The Labute approximate surface area is 415 Å². The number of carboxylic acids is 1. The number of aliphatic carboxylic acids is 1. The largest absolute Gasteiger partial charge is 0.488 e. The number of para-hydroxylation sites is 4. The minimum atomic E-state index is -0.995. The Hall–Kier alpha value is -6.94. The van der Waals surface area contributed by atoms with E-state index in [0.29, 0.717) is 53.0 Å². The maximum Gasteiger partial charge on any atom is 0.328 e. The maximum absolute atomic E-state index is 12.4. The lowest BCUT2D eigenvalue weighted by Crippen LogP contribution is -2.24. The number of hydrogen-bond donors (Lipinski definition) is 2. The zero-order valence-corrected chi connectivity index (χ0v) is 40.4. The summed E-state index contributed by atoms with van der Waals surface area (Å²) < 4.78 is 11.8. The molecular formula is C53H43Cl2N5O7S2. The van der Waals surface area contributed by atoms with Crippen LogP contribution in [0.2, 0.25) is 10.0 Å². The molecule has 0 saturated heterocycles. The molecule has 16 heteroatoms. The molecule has 10 rings (SSSR count). The third kappa shape index (κ3) is 12.2. The van der Waals surface area contributed by atoms with Crippen LogP contribution in [0.25, 0.3) is 55.1 Å². The van der Waals surface area contributed by atoms with Crippen molar-refractivity contribution in [2.75, 3.05) is 6.54 Å².